The lowest BCUT2D eigenvalue weighted by atomic mass is 10.0. The van der Waals surface area contributed by atoms with Crippen LogP contribution in [0.25, 0.3) is 0 Å². The van der Waals surface area contributed by atoms with Gasteiger partial charge in [0.05, 0.1) is 6.42 Å². The molecule has 0 aromatic heterocycles. The van der Waals surface area contributed by atoms with E-state index in [1.54, 1.807) is 0 Å². The monoisotopic (exact) mass is 265 g/mol. The Morgan fingerprint density at radius 1 is 1.26 bits per heavy atom. The molecule has 5 atom stereocenters. The summed E-state index contributed by atoms with van der Waals surface area (Å²) in [6.07, 6.45) is 5.67. The van der Waals surface area contributed by atoms with E-state index in [-0.39, 0.29) is 24.3 Å². The second-order valence-corrected chi connectivity index (χ2v) is 6.61. The minimum Gasteiger partial charge on any atom is -0.481 e. The summed E-state index contributed by atoms with van der Waals surface area (Å²) in [7, 11) is 0. The number of carboxylic acid groups (broad SMARTS) is 1. The Bertz CT molecular complexity index is 379. The van der Waals surface area contributed by atoms with Gasteiger partial charge in [-0.25, -0.2) is 0 Å². The quantitative estimate of drug-likeness (QED) is 0.772. The number of amides is 1. The molecule has 3 rings (SSSR count). The van der Waals surface area contributed by atoms with Crippen molar-refractivity contribution < 1.29 is 14.7 Å². The molecule has 0 radical (unpaired) electrons. The number of fused-ring (bicyclic) bond motifs is 5. The molecule has 0 aromatic carbocycles. The van der Waals surface area contributed by atoms with Crippen LogP contribution < -0.4 is 5.32 Å². The molecule has 1 amide bonds. The van der Waals surface area contributed by atoms with Crippen molar-refractivity contribution in [1.82, 2.24) is 5.32 Å². The van der Waals surface area contributed by atoms with E-state index in [0.29, 0.717) is 11.8 Å². The molecule has 0 heterocycles. The van der Waals surface area contributed by atoms with Gasteiger partial charge < -0.3 is 10.4 Å². The zero-order valence-electron chi connectivity index (χ0n) is 11.5. The highest BCUT2D eigenvalue weighted by atomic mass is 16.4. The molecule has 0 saturated heterocycles. The van der Waals surface area contributed by atoms with Crippen LogP contribution in [0.1, 0.15) is 45.4 Å². The van der Waals surface area contributed by atoms with Gasteiger partial charge in [-0.1, -0.05) is 13.3 Å². The average molecular weight is 265 g/mol. The molecule has 0 aromatic rings. The van der Waals surface area contributed by atoms with Crippen molar-refractivity contribution in [1.29, 1.82) is 0 Å². The van der Waals surface area contributed by atoms with Crippen molar-refractivity contribution in [3.05, 3.63) is 0 Å². The Kier molecular flexibility index (Phi) is 3.27. The van der Waals surface area contributed by atoms with Crippen LogP contribution in [0, 0.1) is 29.6 Å². The Balaban J connectivity index is 1.55. The lowest BCUT2D eigenvalue weighted by molar-refractivity contribution is -0.137. The normalized spacial score (nSPS) is 39.7. The fourth-order valence-corrected chi connectivity index (χ4v) is 4.76. The molecule has 2 bridgehead atoms. The summed E-state index contributed by atoms with van der Waals surface area (Å²) >= 11 is 0. The molecular formula is C15H23NO3. The van der Waals surface area contributed by atoms with E-state index >= 15 is 0 Å². The summed E-state index contributed by atoms with van der Waals surface area (Å²) in [5.41, 5.74) is 0. The lowest BCUT2D eigenvalue weighted by Gasteiger charge is -2.17. The van der Waals surface area contributed by atoms with Crippen LogP contribution >= 0.6 is 0 Å². The van der Waals surface area contributed by atoms with Crippen molar-refractivity contribution in [2.24, 2.45) is 29.6 Å². The van der Waals surface area contributed by atoms with Gasteiger partial charge in [-0.2, -0.15) is 0 Å². The predicted octanol–water partition coefficient (Wildman–Crippen LogP) is 2.04. The van der Waals surface area contributed by atoms with Gasteiger partial charge >= 0.3 is 5.97 Å². The molecule has 3 fully saturated rings. The maximum absolute atomic E-state index is 12.3. The first-order valence-corrected chi connectivity index (χ1v) is 7.64. The van der Waals surface area contributed by atoms with Crippen LogP contribution in [-0.2, 0) is 9.59 Å². The number of carbonyl (C=O) groups is 2. The van der Waals surface area contributed by atoms with Crippen molar-refractivity contribution in [2.75, 3.05) is 0 Å². The standard InChI is InChI=1S/C15H23NO3/c1-2-3-10(7-11(17)18)16-15(19)14-12-8-4-5-9(6-8)13(12)14/h8-10,12-14H,2-7H2,1H3,(H,16,19)(H,17,18). The summed E-state index contributed by atoms with van der Waals surface area (Å²) < 4.78 is 0. The molecule has 0 aliphatic heterocycles. The van der Waals surface area contributed by atoms with E-state index in [0.717, 1.165) is 24.7 Å². The Morgan fingerprint density at radius 3 is 2.42 bits per heavy atom. The van der Waals surface area contributed by atoms with Crippen LogP contribution in [0.5, 0.6) is 0 Å². The molecule has 3 aliphatic rings. The lowest BCUT2D eigenvalue weighted by Crippen LogP contribution is -2.38. The van der Waals surface area contributed by atoms with E-state index in [1.807, 2.05) is 6.92 Å². The largest absolute Gasteiger partial charge is 0.481 e. The van der Waals surface area contributed by atoms with Gasteiger partial charge in [-0.05, 0) is 49.4 Å². The smallest absolute Gasteiger partial charge is 0.305 e. The van der Waals surface area contributed by atoms with Gasteiger partial charge in [0.1, 0.15) is 0 Å². The second kappa shape index (κ2) is 4.80. The highest BCUT2D eigenvalue weighted by molar-refractivity contribution is 5.83. The maximum atomic E-state index is 12.3. The zero-order valence-corrected chi connectivity index (χ0v) is 11.5. The van der Waals surface area contributed by atoms with Crippen molar-refractivity contribution in [3.63, 3.8) is 0 Å². The van der Waals surface area contributed by atoms with Crippen LogP contribution in [-0.4, -0.2) is 23.0 Å². The highest BCUT2D eigenvalue weighted by Gasteiger charge is 2.67. The Morgan fingerprint density at radius 2 is 1.89 bits per heavy atom. The minimum absolute atomic E-state index is 0.0501. The summed E-state index contributed by atoms with van der Waals surface area (Å²) in [5.74, 6) is 2.35. The minimum atomic E-state index is -0.824. The average Bonchev–Trinajstić information content (AvgIpc) is 2.78. The molecule has 4 nitrogen and oxygen atoms in total. The van der Waals surface area contributed by atoms with Gasteiger partial charge in [0.25, 0.3) is 0 Å². The number of rotatable bonds is 6. The third-order valence-electron chi connectivity index (χ3n) is 5.44. The van der Waals surface area contributed by atoms with Crippen molar-refractivity contribution in [3.8, 4) is 0 Å². The SMILES string of the molecule is CCCC(CC(=O)O)NC(=O)C1C2C3CCC(C3)C12. The molecular weight excluding hydrogens is 242 g/mol. The van der Waals surface area contributed by atoms with E-state index in [9.17, 15) is 9.59 Å². The number of hydrogen-bond donors (Lipinski definition) is 2. The number of hydrogen-bond acceptors (Lipinski definition) is 2. The number of aliphatic carboxylic acids is 1. The van der Waals surface area contributed by atoms with Gasteiger partial charge in [0, 0.05) is 12.0 Å². The number of carboxylic acids is 1. The van der Waals surface area contributed by atoms with Crippen LogP contribution in [0.3, 0.4) is 0 Å². The summed E-state index contributed by atoms with van der Waals surface area (Å²) in [4.78, 5) is 23.1. The Hall–Kier alpha value is -1.06. The number of nitrogens with one attached hydrogen (secondary N) is 1. The fourth-order valence-electron chi connectivity index (χ4n) is 4.76. The molecule has 5 unspecified atom stereocenters. The third kappa shape index (κ3) is 2.26. The predicted molar refractivity (Wildman–Crippen MR) is 70.4 cm³/mol. The molecule has 0 spiro atoms. The topological polar surface area (TPSA) is 66.4 Å². The first-order valence-electron chi connectivity index (χ1n) is 7.64. The number of carbonyl (C=O) groups excluding carboxylic acids is 1. The van der Waals surface area contributed by atoms with Gasteiger partial charge in [-0.15, -0.1) is 0 Å². The summed E-state index contributed by atoms with van der Waals surface area (Å²) in [6, 6.07) is -0.186. The van der Waals surface area contributed by atoms with E-state index < -0.39 is 5.97 Å². The molecule has 3 saturated carbocycles. The van der Waals surface area contributed by atoms with Crippen LogP contribution in [0.2, 0.25) is 0 Å². The molecule has 3 aliphatic carbocycles. The first kappa shape index (κ1) is 12.9. The van der Waals surface area contributed by atoms with Crippen molar-refractivity contribution >= 4 is 11.9 Å². The molecule has 19 heavy (non-hydrogen) atoms. The zero-order chi connectivity index (χ0) is 13.6. The van der Waals surface area contributed by atoms with E-state index in [4.69, 9.17) is 5.11 Å². The Labute approximate surface area is 113 Å². The van der Waals surface area contributed by atoms with Gasteiger partial charge in [-0.3, -0.25) is 9.59 Å². The van der Waals surface area contributed by atoms with Crippen LogP contribution in [0.15, 0.2) is 0 Å². The van der Waals surface area contributed by atoms with Gasteiger partial charge in [0.2, 0.25) is 5.91 Å². The molecule has 106 valence electrons. The van der Waals surface area contributed by atoms with Crippen LogP contribution in [0.4, 0.5) is 0 Å². The fraction of sp³-hybridized carbons (Fsp3) is 0.867. The summed E-state index contributed by atoms with van der Waals surface area (Å²) in [5, 5.41) is 11.9. The van der Waals surface area contributed by atoms with Crippen molar-refractivity contribution in [2.45, 2.75) is 51.5 Å². The first-order chi connectivity index (χ1) is 9.11. The third-order valence-corrected chi connectivity index (χ3v) is 5.44. The van der Waals surface area contributed by atoms with E-state index in [2.05, 4.69) is 5.32 Å². The van der Waals surface area contributed by atoms with E-state index in [1.165, 1.54) is 19.3 Å². The maximum Gasteiger partial charge on any atom is 0.305 e. The molecule has 2 N–H and O–H groups in total. The summed E-state index contributed by atoms with van der Waals surface area (Å²) in [6.45, 7) is 2.02. The van der Waals surface area contributed by atoms with Gasteiger partial charge in [0.15, 0.2) is 0 Å². The molecule has 4 heteroatoms. The highest BCUT2D eigenvalue weighted by Crippen LogP contribution is 2.69. The second-order valence-electron chi connectivity index (χ2n) is 6.61.